The number of hydrogen-bond donors (Lipinski definition) is 0. The van der Waals surface area contributed by atoms with Crippen LogP contribution in [0.1, 0.15) is 23.0 Å². The van der Waals surface area contributed by atoms with E-state index in [0.29, 0.717) is 11.3 Å². The van der Waals surface area contributed by atoms with Gasteiger partial charge in [0.05, 0.1) is 29.2 Å². The summed E-state index contributed by atoms with van der Waals surface area (Å²) < 4.78 is 38.4. The largest absolute Gasteiger partial charge is 0.294 e. The van der Waals surface area contributed by atoms with E-state index in [-0.39, 0.29) is 23.0 Å². The van der Waals surface area contributed by atoms with E-state index in [9.17, 15) is 17.6 Å². The molecule has 2 aromatic rings. The zero-order valence-corrected chi connectivity index (χ0v) is 14.0. The van der Waals surface area contributed by atoms with Gasteiger partial charge in [-0.05, 0) is 37.3 Å². The fourth-order valence-electron chi connectivity index (χ4n) is 1.91. The van der Waals surface area contributed by atoms with Gasteiger partial charge in [0, 0.05) is 11.8 Å². The molecule has 0 saturated carbocycles. The molecule has 0 saturated heterocycles. The van der Waals surface area contributed by atoms with Crippen molar-refractivity contribution in [3.63, 3.8) is 0 Å². The Morgan fingerprint density at radius 3 is 2.48 bits per heavy atom. The molecule has 0 radical (unpaired) electrons. The van der Waals surface area contributed by atoms with Gasteiger partial charge in [-0.15, -0.1) is 0 Å². The Morgan fingerprint density at radius 1 is 1.30 bits per heavy atom. The van der Waals surface area contributed by atoms with Crippen LogP contribution in [0, 0.1) is 5.82 Å². The maximum atomic E-state index is 13.3. The summed E-state index contributed by atoms with van der Waals surface area (Å²) in [5.41, 5.74) is 1.11. The third-order valence-corrected chi connectivity index (χ3v) is 4.56. The first kappa shape index (κ1) is 17.4. The van der Waals surface area contributed by atoms with Crippen molar-refractivity contribution < 1.29 is 17.6 Å². The molecule has 23 heavy (non-hydrogen) atoms. The van der Waals surface area contributed by atoms with Crippen LogP contribution in [0.2, 0.25) is 5.02 Å². The van der Waals surface area contributed by atoms with Crippen LogP contribution in [-0.4, -0.2) is 25.4 Å². The lowest BCUT2D eigenvalue weighted by molar-refractivity contribution is 0.101. The zero-order chi connectivity index (χ0) is 17.2. The summed E-state index contributed by atoms with van der Waals surface area (Å²) in [6, 6.07) is 6.80. The molecule has 1 aromatic heterocycles. The highest BCUT2D eigenvalue weighted by molar-refractivity contribution is 7.92. The lowest BCUT2D eigenvalue weighted by atomic mass is 10.2. The highest BCUT2D eigenvalue weighted by atomic mass is 35.5. The number of carbonyl (C=O) groups is 1. The maximum absolute atomic E-state index is 13.3. The monoisotopic (exact) mass is 356 g/mol. The van der Waals surface area contributed by atoms with E-state index >= 15 is 0 Å². The molecule has 122 valence electrons. The van der Waals surface area contributed by atoms with Gasteiger partial charge in [0.2, 0.25) is 10.0 Å². The lowest BCUT2D eigenvalue weighted by Gasteiger charge is -2.22. The molecule has 5 nitrogen and oxygen atoms in total. The van der Waals surface area contributed by atoms with Crippen molar-refractivity contribution in [2.45, 2.75) is 13.5 Å². The first-order valence-corrected chi connectivity index (χ1v) is 8.80. The standard InChI is InChI=1S/C15H14ClFN2O3S/c1-10(20)11-3-4-12(18-8-11)9-19(23(2,21)22)13-5-6-15(17)14(16)7-13/h3-8H,9H2,1-2H3. The molecule has 0 amide bonds. The molecule has 0 unspecified atom stereocenters. The van der Waals surface area contributed by atoms with Gasteiger partial charge in [-0.25, -0.2) is 12.8 Å². The average molecular weight is 357 g/mol. The number of halogens is 2. The number of pyridine rings is 1. The van der Waals surface area contributed by atoms with Crippen LogP contribution in [0.25, 0.3) is 0 Å². The van der Waals surface area contributed by atoms with Crippen molar-refractivity contribution in [2.24, 2.45) is 0 Å². The Morgan fingerprint density at radius 2 is 2.00 bits per heavy atom. The topological polar surface area (TPSA) is 67.3 Å². The van der Waals surface area contributed by atoms with Gasteiger partial charge in [-0.2, -0.15) is 0 Å². The molecule has 1 aromatic carbocycles. The minimum Gasteiger partial charge on any atom is -0.294 e. The van der Waals surface area contributed by atoms with E-state index in [4.69, 9.17) is 11.6 Å². The summed E-state index contributed by atoms with van der Waals surface area (Å²) in [5.74, 6) is -0.762. The van der Waals surface area contributed by atoms with Gasteiger partial charge in [-0.1, -0.05) is 11.6 Å². The van der Waals surface area contributed by atoms with Crippen LogP contribution in [0.5, 0.6) is 0 Å². The van der Waals surface area contributed by atoms with Crippen molar-refractivity contribution in [1.29, 1.82) is 0 Å². The van der Waals surface area contributed by atoms with E-state index in [0.717, 1.165) is 16.6 Å². The molecule has 8 heteroatoms. The first-order chi connectivity index (χ1) is 10.7. The lowest BCUT2D eigenvalue weighted by Crippen LogP contribution is -2.29. The van der Waals surface area contributed by atoms with Gasteiger partial charge < -0.3 is 0 Å². The Labute approximate surface area is 138 Å². The van der Waals surface area contributed by atoms with Crippen molar-refractivity contribution in [3.05, 3.63) is 58.6 Å². The Kier molecular flexibility index (Phi) is 5.01. The number of benzene rings is 1. The number of aromatic nitrogens is 1. The van der Waals surface area contributed by atoms with E-state index in [1.54, 1.807) is 12.1 Å². The van der Waals surface area contributed by atoms with E-state index < -0.39 is 15.8 Å². The molecule has 0 aliphatic heterocycles. The van der Waals surface area contributed by atoms with Crippen molar-refractivity contribution in [2.75, 3.05) is 10.6 Å². The number of carbonyl (C=O) groups excluding carboxylic acids is 1. The van der Waals surface area contributed by atoms with Gasteiger partial charge in [0.25, 0.3) is 0 Å². The van der Waals surface area contributed by atoms with Crippen LogP contribution in [0.3, 0.4) is 0 Å². The molecular formula is C15H14ClFN2O3S. The molecule has 0 N–H and O–H groups in total. The van der Waals surface area contributed by atoms with Gasteiger partial charge >= 0.3 is 0 Å². The summed E-state index contributed by atoms with van der Waals surface area (Å²) in [7, 11) is -3.63. The minimum absolute atomic E-state index is 0.0566. The predicted octanol–water partition coefficient (Wildman–Crippen LogP) is 3.04. The predicted molar refractivity (Wildman–Crippen MR) is 86.7 cm³/mol. The third kappa shape index (κ3) is 4.27. The smallest absolute Gasteiger partial charge is 0.232 e. The second-order valence-electron chi connectivity index (χ2n) is 4.96. The highest BCUT2D eigenvalue weighted by Gasteiger charge is 2.19. The molecule has 1 heterocycles. The third-order valence-electron chi connectivity index (χ3n) is 3.13. The van der Waals surface area contributed by atoms with Crippen molar-refractivity contribution >= 4 is 33.1 Å². The Hall–Kier alpha value is -1.99. The fourth-order valence-corrected chi connectivity index (χ4v) is 2.95. The molecule has 0 bridgehead atoms. The quantitative estimate of drug-likeness (QED) is 0.772. The number of Topliss-reactive ketones (excluding diaryl/α,β-unsaturated/α-hetero) is 1. The number of anilines is 1. The summed E-state index contributed by atoms with van der Waals surface area (Å²) in [4.78, 5) is 15.3. The highest BCUT2D eigenvalue weighted by Crippen LogP contribution is 2.25. The Bertz CT molecular complexity index is 838. The van der Waals surface area contributed by atoms with Crippen LogP contribution >= 0.6 is 11.6 Å². The van der Waals surface area contributed by atoms with E-state index in [1.807, 2.05) is 0 Å². The second kappa shape index (κ2) is 6.64. The first-order valence-electron chi connectivity index (χ1n) is 6.57. The van der Waals surface area contributed by atoms with Gasteiger partial charge in [-0.3, -0.25) is 14.1 Å². The van der Waals surface area contributed by atoms with Crippen LogP contribution in [0.15, 0.2) is 36.5 Å². The molecule has 0 aliphatic carbocycles. The number of nitrogens with zero attached hydrogens (tertiary/aromatic N) is 2. The summed E-state index contributed by atoms with van der Waals surface area (Å²) in [6.45, 7) is 1.36. The van der Waals surface area contributed by atoms with E-state index in [1.165, 1.54) is 25.3 Å². The van der Waals surface area contributed by atoms with Crippen molar-refractivity contribution in [1.82, 2.24) is 4.98 Å². The summed E-state index contributed by atoms with van der Waals surface area (Å²) >= 11 is 5.72. The average Bonchev–Trinajstić information content (AvgIpc) is 2.47. The number of rotatable bonds is 5. The van der Waals surface area contributed by atoms with Gasteiger partial charge in [0.15, 0.2) is 5.78 Å². The SMILES string of the molecule is CC(=O)c1ccc(CN(c2ccc(F)c(Cl)c2)S(C)(=O)=O)nc1. The van der Waals surface area contributed by atoms with Crippen molar-refractivity contribution in [3.8, 4) is 0 Å². The van der Waals surface area contributed by atoms with Crippen LogP contribution in [-0.2, 0) is 16.6 Å². The van der Waals surface area contributed by atoms with E-state index in [2.05, 4.69) is 4.98 Å². The summed E-state index contributed by atoms with van der Waals surface area (Å²) in [6.07, 6.45) is 2.42. The maximum Gasteiger partial charge on any atom is 0.232 e. The minimum atomic E-state index is -3.63. The normalized spacial score (nSPS) is 11.3. The molecule has 2 rings (SSSR count). The fraction of sp³-hybridized carbons (Fsp3) is 0.200. The summed E-state index contributed by atoms with van der Waals surface area (Å²) in [5, 5.41) is -0.170. The van der Waals surface area contributed by atoms with Gasteiger partial charge in [0.1, 0.15) is 5.82 Å². The number of ketones is 1. The van der Waals surface area contributed by atoms with Crippen LogP contribution in [0.4, 0.5) is 10.1 Å². The zero-order valence-electron chi connectivity index (χ0n) is 12.5. The molecular weight excluding hydrogens is 343 g/mol. The van der Waals surface area contributed by atoms with Crippen LogP contribution < -0.4 is 4.31 Å². The molecule has 0 aliphatic rings. The Balaban J connectivity index is 2.36. The molecule has 0 spiro atoms. The number of hydrogen-bond acceptors (Lipinski definition) is 4. The second-order valence-corrected chi connectivity index (χ2v) is 7.28. The molecule has 0 fully saturated rings. The molecule has 0 atom stereocenters. The number of sulfonamides is 1.